The number of Topliss-reactive ketones (excluding diaryl/α,β-unsaturated/α-hetero) is 1. The molecule has 1 amide bonds. The maximum atomic E-state index is 11.8. The lowest BCUT2D eigenvalue weighted by Gasteiger charge is -2.22. The zero-order valence-corrected chi connectivity index (χ0v) is 13.4. The summed E-state index contributed by atoms with van der Waals surface area (Å²) >= 11 is 5.60. The number of halogens is 1. The molecule has 4 nitrogen and oxygen atoms in total. The molecule has 0 aromatic heterocycles. The number of hydrogen-bond acceptors (Lipinski definition) is 3. The second kappa shape index (κ2) is 8.03. The Bertz CT molecular complexity index is 468. The molecule has 1 aromatic carbocycles. The molecule has 1 atom stereocenters. The van der Waals surface area contributed by atoms with Gasteiger partial charge in [0.2, 0.25) is 0 Å². The Morgan fingerprint density at radius 3 is 2.38 bits per heavy atom. The number of carbonyl (C=O) groups is 2. The third kappa shape index (κ3) is 7.14. The van der Waals surface area contributed by atoms with E-state index in [4.69, 9.17) is 16.3 Å². The van der Waals surface area contributed by atoms with Crippen LogP contribution in [0.25, 0.3) is 0 Å². The van der Waals surface area contributed by atoms with Crippen LogP contribution in [-0.2, 0) is 16.0 Å². The van der Waals surface area contributed by atoms with Gasteiger partial charge in [0.15, 0.2) is 5.78 Å². The van der Waals surface area contributed by atoms with Crippen LogP contribution in [0.3, 0.4) is 0 Å². The van der Waals surface area contributed by atoms with E-state index in [1.54, 1.807) is 20.8 Å². The number of ketones is 1. The SMILES string of the molecule is CC(C)(C)OC(=O)N[C@@H](CCc1ccccc1)C(=O)CCl. The van der Waals surface area contributed by atoms with Crippen molar-refractivity contribution in [1.82, 2.24) is 5.32 Å². The van der Waals surface area contributed by atoms with Gasteiger partial charge in [-0.3, -0.25) is 4.79 Å². The number of benzene rings is 1. The molecule has 5 heteroatoms. The van der Waals surface area contributed by atoms with E-state index in [0.29, 0.717) is 12.8 Å². The van der Waals surface area contributed by atoms with Gasteiger partial charge in [-0.15, -0.1) is 11.6 Å². The Morgan fingerprint density at radius 2 is 1.86 bits per heavy atom. The lowest BCUT2D eigenvalue weighted by Crippen LogP contribution is -2.44. The Morgan fingerprint density at radius 1 is 1.24 bits per heavy atom. The number of alkyl carbamates (subject to hydrolysis) is 1. The number of alkyl halides is 1. The quantitative estimate of drug-likeness (QED) is 0.820. The first-order chi connectivity index (χ1) is 9.81. The summed E-state index contributed by atoms with van der Waals surface area (Å²) in [7, 11) is 0. The van der Waals surface area contributed by atoms with E-state index < -0.39 is 17.7 Å². The Kier molecular flexibility index (Phi) is 6.69. The molecule has 0 heterocycles. The molecule has 0 aliphatic rings. The van der Waals surface area contributed by atoms with Gasteiger partial charge in [0, 0.05) is 0 Å². The molecule has 0 spiro atoms. The van der Waals surface area contributed by atoms with Crippen molar-refractivity contribution in [3.05, 3.63) is 35.9 Å². The number of carbonyl (C=O) groups excluding carboxylic acids is 2. The summed E-state index contributed by atoms with van der Waals surface area (Å²) in [4.78, 5) is 23.6. The van der Waals surface area contributed by atoms with E-state index in [0.717, 1.165) is 5.56 Å². The van der Waals surface area contributed by atoms with E-state index in [1.165, 1.54) is 0 Å². The van der Waals surface area contributed by atoms with Crippen LogP contribution in [0.1, 0.15) is 32.8 Å². The second-order valence-corrected chi connectivity index (χ2v) is 6.09. The van der Waals surface area contributed by atoms with E-state index in [9.17, 15) is 9.59 Å². The normalized spacial score (nSPS) is 12.6. The molecule has 0 unspecified atom stereocenters. The summed E-state index contributed by atoms with van der Waals surface area (Å²) in [6.45, 7) is 5.32. The maximum Gasteiger partial charge on any atom is 0.408 e. The fourth-order valence-electron chi connectivity index (χ4n) is 1.81. The topological polar surface area (TPSA) is 55.4 Å². The molecule has 0 bridgehead atoms. The third-order valence-electron chi connectivity index (χ3n) is 2.78. The third-order valence-corrected chi connectivity index (χ3v) is 3.04. The zero-order valence-electron chi connectivity index (χ0n) is 12.7. The van der Waals surface area contributed by atoms with Crippen LogP contribution >= 0.6 is 11.6 Å². The monoisotopic (exact) mass is 311 g/mol. The van der Waals surface area contributed by atoms with Crippen LogP contribution in [-0.4, -0.2) is 29.4 Å². The van der Waals surface area contributed by atoms with Crippen molar-refractivity contribution in [3.63, 3.8) is 0 Å². The molecule has 1 N–H and O–H groups in total. The minimum atomic E-state index is -0.627. The van der Waals surface area contributed by atoms with E-state index >= 15 is 0 Å². The molecule has 0 aliphatic carbocycles. The summed E-state index contributed by atoms with van der Waals surface area (Å²) in [5.41, 5.74) is 0.508. The zero-order chi connectivity index (χ0) is 15.9. The van der Waals surface area contributed by atoms with Gasteiger partial charge in [0.25, 0.3) is 0 Å². The van der Waals surface area contributed by atoms with Crippen LogP contribution < -0.4 is 5.32 Å². The van der Waals surface area contributed by atoms with Crippen molar-refractivity contribution in [1.29, 1.82) is 0 Å². The molecule has 1 rings (SSSR count). The molecular formula is C16H22ClNO3. The predicted octanol–water partition coefficient (Wildman–Crippen LogP) is 3.32. The van der Waals surface area contributed by atoms with Crippen molar-refractivity contribution < 1.29 is 14.3 Å². The average molecular weight is 312 g/mol. The van der Waals surface area contributed by atoms with Crippen molar-refractivity contribution in [2.75, 3.05) is 5.88 Å². The van der Waals surface area contributed by atoms with Crippen LogP contribution in [0.15, 0.2) is 30.3 Å². The number of ether oxygens (including phenoxy) is 1. The largest absolute Gasteiger partial charge is 0.444 e. The smallest absolute Gasteiger partial charge is 0.408 e. The first kappa shape index (κ1) is 17.5. The second-order valence-electron chi connectivity index (χ2n) is 5.82. The van der Waals surface area contributed by atoms with Gasteiger partial charge in [-0.25, -0.2) is 4.79 Å². The number of hydrogen-bond donors (Lipinski definition) is 1. The van der Waals surface area contributed by atoms with Gasteiger partial charge >= 0.3 is 6.09 Å². The Labute approximate surface area is 130 Å². The molecule has 116 valence electrons. The van der Waals surface area contributed by atoms with E-state index in [-0.39, 0.29) is 11.7 Å². The molecule has 1 aromatic rings. The molecule has 0 aliphatic heterocycles. The van der Waals surface area contributed by atoms with Crippen LogP contribution in [0.4, 0.5) is 4.79 Å². The van der Waals surface area contributed by atoms with Gasteiger partial charge in [-0.2, -0.15) is 0 Å². The molecule has 0 radical (unpaired) electrons. The number of aryl methyl sites for hydroxylation is 1. The number of rotatable bonds is 6. The highest BCUT2D eigenvalue weighted by molar-refractivity contribution is 6.28. The first-order valence-corrected chi connectivity index (χ1v) is 7.47. The van der Waals surface area contributed by atoms with Crippen molar-refractivity contribution in [2.24, 2.45) is 0 Å². The van der Waals surface area contributed by atoms with Crippen molar-refractivity contribution in [2.45, 2.75) is 45.3 Å². The molecular weight excluding hydrogens is 290 g/mol. The highest BCUT2D eigenvalue weighted by atomic mass is 35.5. The van der Waals surface area contributed by atoms with Gasteiger partial charge in [-0.05, 0) is 39.2 Å². The molecule has 0 fully saturated rings. The van der Waals surface area contributed by atoms with Gasteiger partial charge < -0.3 is 10.1 Å². The fourth-order valence-corrected chi connectivity index (χ4v) is 2.00. The molecule has 0 saturated heterocycles. The van der Waals surface area contributed by atoms with Crippen LogP contribution in [0.2, 0.25) is 0 Å². The summed E-state index contributed by atoms with van der Waals surface area (Å²) < 4.78 is 5.17. The van der Waals surface area contributed by atoms with Crippen LogP contribution in [0, 0.1) is 0 Å². The minimum Gasteiger partial charge on any atom is -0.444 e. The van der Waals surface area contributed by atoms with E-state index in [1.807, 2.05) is 30.3 Å². The van der Waals surface area contributed by atoms with Gasteiger partial charge in [-0.1, -0.05) is 30.3 Å². The highest BCUT2D eigenvalue weighted by Gasteiger charge is 2.23. The standard InChI is InChI=1S/C16H22ClNO3/c1-16(2,3)21-15(20)18-13(14(19)11-17)10-9-12-7-5-4-6-8-12/h4-8,13H,9-11H2,1-3H3,(H,18,20)/t13-/m0/s1. The summed E-state index contributed by atoms with van der Waals surface area (Å²) in [6, 6.07) is 9.15. The predicted molar refractivity (Wildman–Crippen MR) is 83.6 cm³/mol. The molecule has 21 heavy (non-hydrogen) atoms. The summed E-state index contributed by atoms with van der Waals surface area (Å²) in [5.74, 6) is -0.339. The van der Waals surface area contributed by atoms with Gasteiger partial charge in [0.05, 0.1) is 11.9 Å². The van der Waals surface area contributed by atoms with Crippen LogP contribution in [0.5, 0.6) is 0 Å². The minimum absolute atomic E-state index is 0.130. The van der Waals surface area contributed by atoms with Crippen molar-refractivity contribution >= 4 is 23.5 Å². The number of amides is 1. The average Bonchev–Trinajstić information content (AvgIpc) is 2.41. The van der Waals surface area contributed by atoms with Gasteiger partial charge in [0.1, 0.15) is 5.60 Å². The van der Waals surface area contributed by atoms with Crippen molar-refractivity contribution in [3.8, 4) is 0 Å². The summed E-state index contributed by atoms with van der Waals surface area (Å²) in [6.07, 6.45) is 0.581. The molecule has 0 saturated carbocycles. The lowest BCUT2D eigenvalue weighted by molar-refractivity contribution is -0.118. The lowest BCUT2D eigenvalue weighted by atomic mass is 10.0. The Hall–Kier alpha value is -1.55. The maximum absolute atomic E-state index is 11.8. The van der Waals surface area contributed by atoms with E-state index in [2.05, 4.69) is 5.32 Å². The summed E-state index contributed by atoms with van der Waals surface area (Å²) in [5, 5.41) is 2.60. The first-order valence-electron chi connectivity index (χ1n) is 6.94. The fraction of sp³-hybridized carbons (Fsp3) is 0.500. The Balaban J connectivity index is 2.60. The highest BCUT2D eigenvalue weighted by Crippen LogP contribution is 2.10. The number of nitrogens with one attached hydrogen (secondary N) is 1.